The molecule has 2 atom stereocenters. The number of amides is 1. The van der Waals surface area contributed by atoms with Gasteiger partial charge in [-0.25, -0.2) is 0 Å². The molecule has 1 aromatic rings. The molecule has 1 amide bonds. The molecule has 0 unspecified atom stereocenters. The van der Waals surface area contributed by atoms with Gasteiger partial charge in [-0.05, 0) is 39.1 Å². The monoisotopic (exact) mass is 300 g/mol. The highest BCUT2D eigenvalue weighted by atomic mass is 35.5. The SMILES string of the molecule is CN(C)[C@@H]1CCCC[C@H]1N(C)C(=O)c1ccc(Cl)s1. The van der Waals surface area contributed by atoms with E-state index in [4.69, 9.17) is 11.6 Å². The molecular formula is C14H21ClN2OS. The zero-order valence-electron chi connectivity index (χ0n) is 11.7. The van der Waals surface area contributed by atoms with E-state index in [2.05, 4.69) is 19.0 Å². The Labute approximate surface area is 124 Å². The maximum atomic E-state index is 12.5. The first kappa shape index (κ1) is 14.8. The third-order valence-electron chi connectivity index (χ3n) is 3.96. The van der Waals surface area contributed by atoms with Crippen molar-refractivity contribution in [3.63, 3.8) is 0 Å². The molecule has 1 aromatic heterocycles. The molecule has 0 saturated heterocycles. The van der Waals surface area contributed by atoms with Crippen LogP contribution in [0, 0.1) is 0 Å². The summed E-state index contributed by atoms with van der Waals surface area (Å²) in [4.78, 5) is 17.4. The summed E-state index contributed by atoms with van der Waals surface area (Å²) in [5, 5.41) is 0. The maximum Gasteiger partial charge on any atom is 0.264 e. The zero-order chi connectivity index (χ0) is 14.0. The van der Waals surface area contributed by atoms with Gasteiger partial charge in [-0.1, -0.05) is 24.4 Å². The Hall–Kier alpha value is -0.580. The minimum atomic E-state index is 0.0932. The zero-order valence-corrected chi connectivity index (χ0v) is 13.3. The van der Waals surface area contributed by atoms with Gasteiger partial charge in [0.25, 0.3) is 5.91 Å². The van der Waals surface area contributed by atoms with Gasteiger partial charge in [-0.2, -0.15) is 0 Å². The van der Waals surface area contributed by atoms with Gasteiger partial charge < -0.3 is 9.80 Å². The fourth-order valence-electron chi connectivity index (χ4n) is 2.90. The fourth-order valence-corrected chi connectivity index (χ4v) is 3.93. The van der Waals surface area contributed by atoms with Crippen LogP contribution in [-0.2, 0) is 0 Å². The van der Waals surface area contributed by atoms with Crippen molar-refractivity contribution in [2.75, 3.05) is 21.1 Å². The second-order valence-electron chi connectivity index (χ2n) is 5.40. The van der Waals surface area contributed by atoms with Crippen LogP contribution in [0.2, 0.25) is 4.34 Å². The summed E-state index contributed by atoms with van der Waals surface area (Å²) in [5.41, 5.74) is 0. The Morgan fingerprint density at radius 1 is 1.21 bits per heavy atom. The van der Waals surface area contributed by atoms with E-state index in [1.54, 1.807) is 6.07 Å². The average Bonchev–Trinajstić information content (AvgIpc) is 2.83. The standard InChI is InChI=1S/C14H21ClN2OS/c1-16(2)10-6-4-5-7-11(10)17(3)14(18)12-8-9-13(15)19-12/h8-11H,4-7H2,1-3H3/t10-,11-/m1/s1. The lowest BCUT2D eigenvalue weighted by molar-refractivity contribution is 0.0549. The topological polar surface area (TPSA) is 23.6 Å². The van der Waals surface area contributed by atoms with Crippen LogP contribution in [0.5, 0.6) is 0 Å². The summed E-state index contributed by atoms with van der Waals surface area (Å²) in [6, 6.07) is 4.37. The lowest BCUT2D eigenvalue weighted by Crippen LogP contribution is -2.51. The number of nitrogens with zero attached hydrogens (tertiary/aromatic N) is 2. The van der Waals surface area contributed by atoms with Crippen LogP contribution in [0.4, 0.5) is 0 Å². The van der Waals surface area contributed by atoms with Crippen LogP contribution in [0.3, 0.4) is 0 Å². The second-order valence-corrected chi connectivity index (χ2v) is 7.12. The van der Waals surface area contributed by atoms with Crippen LogP contribution >= 0.6 is 22.9 Å². The first-order chi connectivity index (χ1) is 9.00. The van der Waals surface area contributed by atoms with Gasteiger partial charge in [0.15, 0.2) is 0 Å². The lowest BCUT2D eigenvalue weighted by Gasteiger charge is -2.41. The number of hydrogen-bond acceptors (Lipinski definition) is 3. The quantitative estimate of drug-likeness (QED) is 0.855. The highest BCUT2D eigenvalue weighted by molar-refractivity contribution is 7.17. The van der Waals surface area contributed by atoms with E-state index in [9.17, 15) is 4.79 Å². The van der Waals surface area contributed by atoms with E-state index in [0.717, 1.165) is 11.3 Å². The largest absolute Gasteiger partial charge is 0.336 e. The molecule has 106 valence electrons. The molecule has 1 aliphatic rings. The summed E-state index contributed by atoms with van der Waals surface area (Å²) < 4.78 is 0.671. The minimum absolute atomic E-state index is 0.0932. The number of carbonyl (C=O) groups is 1. The van der Waals surface area contributed by atoms with Crippen LogP contribution < -0.4 is 0 Å². The number of rotatable bonds is 3. The summed E-state index contributed by atoms with van der Waals surface area (Å²) in [5.74, 6) is 0.0932. The Bertz CT molecular complexity index is 446. The molecule has 0 bridgehead atoms. The molecule has 1 saturated carbocycles. The molecule has 2 rings (SSSR count). The molecule has 1 heterocycles. The van der Waals surface area contributed by atoms with Crippen LogP contribution in [-0.4, -0.2) is 48.9 Å². The van der Waals surface area contributed by atoms with Gasteiger partial charge in [0.05, 0.1) is 9.21 Å². The highest BCUT2D eigenvalue weighted by Gasteiger charge is 2.32. The summed E-state index contributed by atoms with van der Waals surface area (Å²) in [6.07, 6.45) is 4.72. The van der Waals surface area contributed by atoms with Crippen LogP contribution in [0.15, 0.2) is 12.1 Å². The molecule has 0 aliphatic heterocycles. The molecule has 19 heavy (non-hydrogen) atoms. The van der Waals surface area contributed by atoms with E-state index < -0.39 is 0 Å². The number of thiophene rings is 1. The fraction of sp³-hybridized carbons (Fsp3) is 0.643. The normalized spacial score (nSPS) is 23.6. The van der Waals surface area contributed by atoms with Crippen molar-refractivity contribution >= 4 is 28.8 Å². The summed E-state index contributed by atoms with van der Waals surface area (Å²) >= 11 is 7.27. The number of halogens is 1. The van der Waals surface area contributed by atoms with Crippen molar-refractivity contribution < 1.29 is 4.79 Å². The molecule has 3 nitrogen and oxygen atoms in total. The van der Waals surface area contributed by atoms with Gasteiger partial charge in [0, 0.05) is 19.1 Å². The minimum Gasteiger partial charge on any atom is -0.336 e. The molecule has 5 heteroatoms. The van der Waals surface area contributed by atoms with Gasteiger partial charge >= 0.3 is 0 Å². The lowest BCUT2D eigenvalue weighted by atomic mass is 9.88. The number of hydrogen-bond donors (Lipinski definition) is 0. The first-order valence-corrected chi connectivity index (χ1v) is 7.89. The average molecular weight is 301 g/mol. The van der Waals surface area contributed by atoms with Gasteiger partial charge in [-0.3, -0.25) is 4.79 Å². The van der Waals surface area contributed by atoms with Crippen molar-refractivity contribution in [1.29, 1.82) is 0 Å². The second kappa shape index (κ2) is 6.25. The smallest absolute Gasteiger partial charge is 0.264 e. The van der Waals surface area contributed by atoms with E-state index in [1.165, 1.54) is 30.6 Å². The van der Waals surface area contributed by atoms with Crippen LogP contribution in [0.1, 0.15) is 35.4 Å². The Kier molecular flexibility index (Phi) is 4.87. The van der Waals surface area contributed by atoms with Gasteiger partial charge in [-0.15, -0.1) is 11.3 Å². The van der Waals surface area contributed by atoms with Crippen molar-refractivity contribution in [2.45, 2.75) is 37.8 Å². The van der Waals surface area contributed by atoms with Gasteiger partial charge in [0.1, 0.15) is 0 Å². The molecule has 1 fully saturated rings. The molecule has 1 aliphatic carbocycles. The predicted octanol–water partition coefficient (Wildman–Crippen LogP) is 3.35. The summed E-state index contributed by atoms with van der Waals surface area (Å²) in [7, 11) is 6.12. The van der Waals surface area contributed by atoms with E-state index in [0.29, 0.717) is 16.4 Å². The molecule has 0 radical (unpaired) electrons. The third-order valence-corrected chi connectivity index (χ3v) is 5.18. The third kappa shape index (κ3) is 3.30. The Morgan fingerprint density at radius 3 is 2.37 bits per heavy atom. The molecular weight excluding hydrogens is 280 g/mol. The van der Waals surface area contributed by atoms with Crippen molar-refractivity contribution in [3.05, 3.63) is 21.3 Å². The van der Waals surface area contributed by atoms with Crippen LogP contribution in [0.25, 0.3) is 0 Å². The first-order valence-electron chi connectivity index (χ1n) is 6.69. The number of likely N-dealkylation sites (N-methyl/N-ethyl adjacent to an activating group) is 2. The van der Waals surface area contributed by atoms with E-state index in [1.807, 2.05) is 18.0 Å². The van der Waals surface area contributed by atoms with Crippen molar-refractivity contribution in [3.8, 4) is 0 Å². The maximum absolute atomic E-state index is 12.5. The highest BCUT2D eigenvalue weighted by Crippen LogP contribution is 2.28. The molecule has 0 spiro atoms. The predicted molar refractivity (Wildman–Crippen MR) is 81.2 cm³/mol. The number of carbonyl (C=O) groups excluding carboxylic acids is 1. The van der Waals surface area contributed by atoms with Gasteiger partial charge in [0.2, 0.25) is 0 Å². The van der Waals surface area contributed by atoms with Crippen molar-refractivity contribution in [1.82, 2.24) is 9.80 Å². The molecule has 0 aromatic carbocycles. The Balaban J connectivity index is 2.12. The summed E-state index contributed by atoms with van der Waals surface area (Å²) in [6.45, 7) is 0. The van der Waals surface area contributed by atoms with E-state index in [-0.39, 0.29) is 5.91 Å². The molecule has 0 N–H and O–H groups in total. The Morgan fingerprint density at radius 2 is 1.84 bits per heavy atom. The van der Waals surface area contributed by atoms with Crippen molar-refractivity contribution in [2.24, 2.45) is 0 Å². The van der Waals surface area contributed by atoms with E-state index >= 15 is 0 Å².